The van der Waals surface area contributed by atoms with Gasteiger partial charge in [0.2, 0.25) is 0 Å². The van der Waals surface area contributed by atoms with E-state index in [1.54, 1.807) is 30.2 Å². The van der Waals surface area contributed by atoms with Crippen LogP contribution >= 0.6 is 22.9 Å². The molecule has 216 valence electrons. The van der Waals surface area contributed by atoms with Gasteiger partial charge in [-0.05, 0) is 73.4 Å². The fourth-order valence-corrected chi connectivity index (χ4v) is 5.74. The van der Waals surface area contributed by atoms with E-state index in [-0.39, 0.29) is 18.4 Å². The third-order valence-corrected chi connectivity index (χ3v) is 7.80. The van der Waals surface area contributed by atoms with Gasteiger partial charge >= 0.3 is 0 Å². The number of ether oxygens (including phenoxy) is 1. The van der Waals surface area contributed by atoms with E-state index in [4.69, 9.17) is 16.3 Å². The number of thiophene rings is 1. The van der Waals surface area contributed by atoms with E-state index >= 15 is 0 Å². The monoisotopic (exact) mass is 585 g/mol. The lowest BCUT2D eigenvalue weighted by atomic mass is 10.00. The average molecular weight is 586 g/mol. The van der Waals surface area contributed by atoms with Crippen LogP contribution in [0.25, 0.3) is 0 Å². The highest BCUT2D eigenvalue weighted by atomic mass is 35.5. The molecule has 1 aromatic heterocycles. The molecule has 9 heteroatoms. The Morgan fingerprint density at radius 2 is 1.85 bits per heavy atom. The molecule has 0 aliphatic rings. The second kappa shape index (κ2) is 15.8. The summed E-state index contributed by atoms with van der Waals surface area (Å²) in [6, 6.07) is 16.3. The molecule has 40 heavy (non-hydrogen) atoms. The van der Waals surface area contributed by atoms with E-state index in [9.17, 15) is 14.7 Å². The molecule has 0 radical (unpaired) electrons. The zero-order valence-electron chi connectivity index (χ0n) is 23.7. The van der Waals surface area contributed by atoms with Gasteiger partial charge in [-0.1, -0.05) is 37.6 Å². The Labute approximate surface area is 246 Å². The van der Waals surface area contributed by atoms with E-state index in [1.165, 1.54) is 11.3 Å². The molecule has 3 N–H and O–H groups in total. The summed E-state index contributed by atoms with van der Waals surface area (Å²) in [5.74, 6) is 0.357. The zero-order chi connectivity index (χ0) is 29.1. The van der Waals surface area contributed by atoms with Crippen LogP contribution in [0.5, 0.6) is 5.75 Å². The van der Waals surface area contributed by atoms with Crippen molar-refractivity contribution in [3.8, 4) is 5.75 Å². The highest BCUT2D eigenvalue weighted by molar-refractivity contribution is 7.16. The zero-order valence-corrected chi connectivity index (χ0v) is 25.3. The van der Waals surface area contributed by atoms with Crippen molar-refractivity contribution in [2.45, 2.75) is 58.7 Å². The van der Waals surface area contributed by atoms with Crippen molar-refractivity contribution in [2.75, 3.05) is 26.7 Å². The van der Waals surface area contributed by atoms with Gasteiger partial charge in [0, 0.05) is 48.6 Å². The minimum Gasteiger partial charge on any atom is -0.497 e. The molecule has 0 fully saturated rings. The lowest BCUT2D eigenvalue weighted by Crippen LogP contribution is -2.51. The van der Waals surface area contributed by atoms with Gasteiger partial charge in [0.25, 0.3) is 11.8 Å². The minimum atomic E-state index is -0.848. The number of hydrogen-bond donors (Lipinski definition) is 3. The molecular formula is C31H40ClN3O4S. The highest BCUT2D eigenvalue weighted by Crippen LogP contribution is 2.26. The Balaban J connectivity index is 1.86. The first-order valence-electron chi connectivity index (χ1n) is 13.7. The summed E-state index contributed by atoms with van der Waals surface area (Å²) in [5, 5.41) is 17.7. The van der Waals surface area contributed by atoms with Crippen molar-refractivity contribution in [3.05, 3.63) is 86.1 Å². The number of nitrogens with zero attached hydrogens (tertiary/aromatic N) is 1. The standard InChI is InChI=1S/C31H40ClN3O4S/c1-5-12-34-30(37)23-14-21(3)15-24(17-23)31(38)35(13-6-2)27(18-26-10-11-29(32)40-26)28(36)20-33-19-22-8-7-9-25(16-22)39-4/h7-11,14-17,27-28,33,36H,5-6,12-13,18-20H2,1-4H3,(H,34,37)/t27-,28+/m0/s1. The van der Waals surface area contributed by atoms with Crippen molar-refractivity contribution in [3.63, 3.8) is 0 Å². The highest BCUT2D eigenvalue weighted by Gasteiger charge is 2.31. The number of methoxy groups -OCH3 is 1. The van der Waals surface area contributed by atoms with Gasteiger partial charge in [0.15, 0.2) is 0 Å². The largest absolute Gasteiger partial charge is 0.497 e. The van der Waals surface area contributed by atoms with Crippen LogP contribution in [0.15, 0.2) is 54.6 Å². The summed E-state index contributed by atoms with van der Waals surface area (Å²) in [6.07, 6.45) is 1.15. The van der Waals surface area contributed by atoms with Crippen LogP contribution in [0.2, 0.25) is 4.34 Å². The number of aryl methyl sites for hydroxylation is 1. The van der Waals surface area contributed by atoms with Crippen LogP contribution in [-0.4, -0.2) is 60.7 Å². The van der Waals surface area contributed by atoms with Crippen LogP contribution < -0.4 is 15.4 Å². The number of hydrogen-bond acceptors (Lipinski definition) is 6. The number of carbonyl (C=O) groups is 2. The molecule has 3 rings (SSSR count). The van der Waals surface area contributed by atoms with E-state index in [2.05, 4.69) is 10.6 Å². The molecule has 0 unspecified atom stereocenters. The lowest BCUT2D eigenvalue weighted by molar-refractivity contribution is 0.0356. The summed E-state index contributed by atoms with van der Waals surface area (Å²) < 4.78 is 5.97. The molecule has 3 aromatic rings. The topological polar surface area (TPSA) is 90.9 Å². The number of nitrogens with one attached hydrogen (secondary N) is 2. The Kier molecular flexibility index (Phi) is 12.5. The van der Waals surface area contributed by atoms with E-state index in [0.717, 1.165) is 28.2 Å². The summed E-state index contributed by atoms with van der Waals surface area (Å²) in [4.78, 5) is 29.4. The number of carbonyl (C=O) groups excluding carboxylic acids is 2. The van der Waals surface area contributed by atoms with Gasteiger partial charge in [-0.15, -0.1) is 11.3 Å². The van der Waals surface area contributed by atoms with Gasteiger partial charge in [0.1, 0.15) is 5.75 Å². The SMILES string of the molecule is CCCNC(=O)c1cc(C)cc(C(=O)N(CCC)[C@@H](Cc2ccc(Cl)s2)[C@H](O)CNCc2cccc(OC)c2)c1. The predicted octanol–water partition coefficient (Wildman–Crippen LogP) is 5.47. The van der Waals surface area contributed by atoms with Gasteiger partial charge in [-0.3, -0.25) is 9.59 Å². The lowest BCUT2D eigenvalue weighted by Gasteiger charge is -2.35. The van der Waals surface area contributed by atoms with E-state index in [1.807, 2.05) is 57.2 Å². The van der Waals surface area contributed by atoms with Crippen LogP contribution in [0.4, 0.5) is 0 Å². The first-order chi connectivity index (χ1) is 19.2. The van der Waals surface area contributed by atoms with Crippen molar-refractivity contribution in [2.24, 2.45) is 0 Å². The van der Waals surface area contributed by atoms with Gasteiger partial charge < -0.3 is 25.4 Å². The van der Waals surface area contributed by atoms with E-state index < -0.39 is 12.1 Å². The van der Waals surface area contributed by atoms with Gasteiger partial charge in [0.05, 0.1) is 23.6 Å². The summed E-state index contributed by atoms with van der Waals surface area (Å²) in [6.45, 7) is 7.73. The fraction of sp³-hybridized carbons (Fsp3) is 0.419. The van der Waals surface area contributed by atoms with E-state index in [0.29, 0.717) is 47.9 Å². The van der Waals surface area contributed by atoms with Crippen LogP contribution in [0.1, 0.15) is 63.4 Å². The number of halogens is 1. The third kappa shape index (κ3) is 9.06. The molecule has 0 bridgehead atoms. The van der Waals surface area contributed by atoms with Crippen molar-refractivity contribution < 1.29 is 19.4 Å². The smallest absolute Gasteiger partial charge is 0.254 e. The number of aliphatic hydroxyl groups is 1. The number of amides is 2. The number of aliphatic hydroxyl groups excluding tert-OH is 1. The molecule has 2 amide bonds. The van der Waals surface area contributed by atoms with Gasteiger partial charge in [-0.25, -0.2) is 0 Å². The van der Waals surface area contributed by atoms with Gasteiger partial charge in [-0.2, -0.15) is 0 Å². The fourth-order valence-electron chi connectivity index (χ4n) is 4.61. The molecule has 2 aromatic carbocycles. The van der Waals surface area contributed by atoms with Crippen LogP contribution in [0.3, 0.4) is 0 Å². The number of rotatable bonds is 15. The Hall–Kier alpha value is -2.91. The van der Waals surface area contributed by atoms with Crippen LogP contribution in [0, 0.1) is 6.92 Å². The maximum absolute atomic E-state index is 14.0. The summed E-state index contributed by atoms with van der Waals surface area (Å²) in [5.41, 5.74) is 2.74. The molecule has 0 spiro atoms. The van der Waals surface area contributed by atoms with Crippen molar-refractivity contribution >= 4 is 34.8 Å². The summed E-state index contributed by atoms with van der Waals surface area (Å²) in [7, 11) is 1.63. The normalized spacial score (nSPS) is 12.6. The molecule has 0 aliphatic carbocycles. The molecule has 0 saturated carbocycles. The summed E-state index contributed by atoms with van der Waals surface area (Å²) >= 11 is 7.66. The average Bonchev–Trinajstić information content (AvgIpc) is 3.37. The molecule has 0 saturated heterocycles. The van der Waals surface area contributed by atoms with Crippen molar-refractivity contribution in [1.29, 1.82) is 0 Å². The van der Waals surface area contributed by atoms with Crippen molar-refractivity contribution in [1.82, 2.24) is 15.5 Å². The number of benzene rings is 2. The quantitative estimate of drug-likeness (QED) is 0.220. The molecule has 2 atom stereocenters. The first-order valence-corrected chi connectivity index (χ1v) is 14.9. The Bertz CT molecular complexity index is 1260. The second-order valence-corrected chi connectivity index (χ2v) is 11.7. The molecular weight excluding hydrogens is 546 g/mol. The third-order valence-electron chi connectivity index (χ3n) is 6.55. The molecule has 7 nitrogen and oxygen atoms in total. The minimum absolute atomic E-state index is 0.201. The Morgan fingerprint density at radius 3 is 2.52 bits per heavy atom. The molecule has 1 heterocycles. The Morgan fingerprint density at radius 1 is 1.07 bits per heavy atom. The maximum Gasteiger partial charge on any atom is 0.254 e. The van der Waals surface area contributed by atoms with Crippen LogP contribution in [-0.2, 0) is 13.0 Å². The predicted molar refractivity (Wildman–Crippen MR) is 163 cm³/mol. The molecule has 0 aliphatic heterocycles. The second-order valence-electron chi connectivity index (χ2n) is 9.87. The first kappa shape index (κ1) is 31.6. The maximum atomic E-state index is 14.0.